The van der Waals surface area contributed by atoms with Crippen LogP contribution in [0.3, 0.4) is 0 Å². The van der Waals surface area contributed by atoms with Gasteiger partial charge in [-0.25, -0.2) is 4.79 Å². The van der Waals surface area contributed by atoms with Gasteiger partial charge in [-0.2, -0.15) is 4.89 Å². The van der Waals surface area contributed by atoms with Crippen LogP contribution in [0.1, 0.15) is 116 Å². The normalized spacial score (nSPS) is 41.5. The fraction of sp³-hybridized carbons (Fsp3) is 0.743. The second-order valence-corrected chi connectivity index (χ2v) is 15.0. The van der Waals surface area contributed by atoms with E-state index in [9.17, 15) is 4.79 Å². The summed E-state index contributed by atoms with van der Waals surface area (Å²) < 4.78 is 6.06. The van der Waals surface area contributed by atoms with Gasteiger partial charge in [-0.3, -0.25) is 0 Å². The van der Waals surface area contributed by atoms with Crippen molar-refractivity contribution in [3.05, 3.63) is 47.2 Å². The highest BCUT2D eigenvalue weighted by Gasteiger charge is 2.69. The highest BCUT2D eigenvalue weighted by molar-refractivity contribution is 5.89. The van der Waals surface area contributed by atoms with Gasteiger partial charge >= 0.3 is 5.97 Å². The maximum absolute atomic E-state index is 12.8. The van der Waals surface area contributed by atoms with Crippen LogP contribution < -0.4 is 0 Å². The predicted octanol–water partition coefficient (Wildman–Crippen LogP) is 8.91. The molecule has 0 N–H and O–H groups in total. The van der Waals surface area contributed by atoms with Gasteiger partial charge in [-0.1, -0.05) is 79.0 Å². The number of hydrogen-bond donors (Lipinski definition) is 0. The van der Waals surface area contributed by atoms with Crippen molar-refractivity contribution in [1.29, 1.82) is 0 Å². The van der Waals surface area contributed by atoms with Gasteiger partial charge in [0.25, 0.3) is 0 Å². The van der Waals surface area contributed by atoms with E-state index in [0.717, 1.165) is 38.0 Å². The highest BCUT2D eigenvalue weighted by atomic mass is 17.2. The Kier molecular flexibility index (Phi) is 6.97. The van der Waals surface area contributed by atoms with Crippen molar-refractivity contribution >= 4 is 5.97 Å². The van der Waals surface area contributed by atoms with Crippen LogP contribution >= 0.6 is 0 Å². The molecule has 1 heterocycles. The number of rotatable bonds is 7. The molecular formula is C35H50O4. The van der Waals surface area contributed by atoms with E-state index in [4.69, 9.17) is 14.5 Å². The minimum atomic E-state index is -0.190. The van der Waals surface area contributed by atoms with E-state index in [1.807, 2.05) is 30.3 Å². The van der Waals surface area contributed by atoms with Gasteiger partial charge in [0.2, 0.25) is 0 Å². The van der Waals surface area contributed by atoms with Crippen molar-refractivity contribution < 1.29 is 19.3 Å². The summed E-state index contributed by atoms with van der Waals surface area (Å²) >= 11 is 0. The summed E-state index contributed by atoms with van der Waals surface area (Å²) in [5.41, 5.74) is 2.76. The Morgan fingerprint density at radius 1 is 1.03 bits per heavy atom. The van der Waals surface area contributed by atoms with Crippen molar-refractivity contribution in [2.24, 2.45) is 45.8 Å². The quantitative estimate of drug-likeness (QED) is 0.259. The zero-order chi connectivity index (χ0) is 27.6. The van der Waals surface area contributed by atoms with Crippen LogP contribution in [0.5, 0.6) is 0 Å². The van der Waals surface area contributed by atoms with Crippen LogP contribution in [-0.2, 0) is 14.5 Å². The fourth-order valence-corrected chi connectivity index (χ4v) is 10.4. The van der Waals surface area contributed by atoms with Crippen LogP contribution in [0.15, 0.2) is 41.7 Å². The summed E-state index contributed by atoms with van der Waals surface area (Å²) in [5.74, 6) is 4.17. The third-order valence-electron chi connectivity index (χ3n) is 12.4. The lowest BCUT2D eigenvalue weighted by molar-refractivity contribution is -0.358. The summed E-state index contributed by atoms with van der Waals surface area (Å²) in [5, 5.41) is 0. The summed E-state index contributed by atoms with van der Waals surface area (Å²) in [6.07, 6.45) is 11.6. The standard InChI is InChI=1S/C35H50O4/c1-22(2)11-10-12-23(3)27-21-28-31-34(27,5)18-16-29-33(4)17-15-26(37-32(36)24-13-8-7-9-14-24)19-25(33)20-30(39-38-28)35(29,31)6/h7-9,13-14,22-23,25-27,29-30H,10-12,15-21H2,1-6H3/t23-,25-,26+,27?,29?,30-,33?,34?,35?/m1/s1. The molecule has 4 aliphatic carbocycles. The van der Waals surface area contributed by atoms with E-state index in [0.29, 0.717) is 29.2 Å². The maximum Gasteiger partial charge on any atom is 0.338 e. The minimum absolute atomic E-state index is 0.0178. The van der Waals surface area contributed by atoms with Gasteiger partial charge in [0.05, 0.1) is 5.56 Å². The summed E-state index contributed by atoms with van der Waals surface area (Å²) in [6.45, 7) is 14.8. The maximum atomic E-state index is 12.8. The molecule has 1 aromatic rings. The molecule has 1 aromatic carbocycles. The topological polar surface area (TPSA) is 44.8 Å². The summed E-state index contributed by atoms with van der Waals surface area (Å²) in [7, 11) is 0. The number of allylic oxidation sites excluding steroid dienone is 1. The first-order valence-corrected chi connectivity index (χ1v) is 15.9. The van der Waals surface area contributed by atoms with Gasteiger partial charge in [-0.05, 0) is 96.7 Å². The largest absolute Gasteiger partial charge is 0.459 e. The molecule has 3 saturated carbocycles. The number of fused-ring (bicyclic) bond motifs is 2. The molecule has 39 heavy (non-hydrogen) atoms. The molecule has 0 radical (unpaired) electrons. The van der Waals surface area contributed by atoms with Crippen LogP contribution in [0.25, 0.3) is 0 Å². The van der Waals surface area contributed by atoms with E-state index in [-0.39, 0.29) is 34.4 Å². The molecule has 5 unspecified atom stereocenters. The molecule has 1 aliphatic heterocycles. The average Bonchev–Trinajstić information content (AvgIpc) is 3.22. The zero-order valence-electron chi connectivity index (χ0n) is 25.1. The molecule has 214 valence electrons. The molecule has 9 atom stereocenters. The van der Waals surface area contributed by atoms with Crippen molar-refractivity contribution in [2.75, 3.05) is 0 Å². The Morgan fingerprint density at radius 3 is 2.54 bits per heavy atom. The van der Waals surface area contributed by atoms with Gasteiger partial charge in [0, 0.05) is 11.8 Å². The number of carbonyl (C=O) groups is 1. The molecule has 6 rings (SSSR count). The number of carbonyl (C=O) groups excluding carboxylic acids is 1. The van der Waals surface area contributed by atoms with Crippen LogP contribution in [0.4, 0.5) is 0 Å². The van der Waals surface area contributed by atoms with Crippen LogP contribution in [0, 0.1) is 45.8 Å². The molecule has 0 aromatic heterocycles. The number of benzene rings is 1. The van der Waals surface area contributed by atoms with Crippen molar-refractivity contribution in [3.63, 3.8) is 0 Å². The minimum Gasteiger partial charge on any atom is -0.459 e. The van der Waals surface area contributed by atoms with E-state index >= 15 is 0 Å². The zero-order valence-corrected chi connectivity index (χ0v) is 25.1. The number of hydrogen-bond acceptors (Lipinski definition) is 4. The lowest BCUT2D eigenvalue weighted by atomic mass is 9.39. The first-order valence-electron chi connectivity index (χ1n) is 15.9. The number of esters is 1. The second kappa shape index (κ2) is 9.93. The van der Waals surface area contributed by atoms with Gasteiger partial charge in [-0.15, -0.1) is 0 Å². The molecule has 0 bridgehead atoms. The van der Waals surface area contributed by atoms with E-state index in [2.05, 4.69) is 41.5 Å². The Hall–Kier alpha value is -1.81. The molecule has 0 spiro atoms. The molecule has 0 amide bonds. The van der Waals surface area contributed by atoms with Crippen molar-refractivity contribution in [1.82, 2.24) is 0 Å². The molecule has 3 fully saturated rings. The van der Waals surface area contributed by atoms with Crippen LogP contribution in [-0.4, -0.2) is 18.2 Å². The van der Waals surface area contributed by atoms with Gasteiger partial charge in [0.1, 0.15) is 18.0 Å². The summed E-state index contributed by atoms with van der Waals surface area (Å²) in [4.78, 5) is 25.4. The average molecular weight is 535 g/mol. The fourth-order valence-electron chi connectivity index (χ4n) is 10.4. The van der Waals surface area contributed by atoms with Crippen LogP contribution in [0.2, 0.25) is 0 Å². The molecular weight excluding hydrogens is 484 g/mol. The lowest BCUT2D eigenvalue weighted by Crippen LogP contribution is -2.63. The van der Waals surface area contributed by atoms with E-state index in [1.54, 1.807) is 5.57 Å². The third kappa shape index (κ3) is 4.30. The Morgan fingerprint density at radius 2 is 1.79 bits per heavy atom. The SMILES string of the molecule is CC(C)CCC[C@@H](C)C1CC2=C3C1(C)CCC1C4(C)CC[C@H](OC(=O)c5ccccc5)C[C@@H]4C[C@@H](OO2)C31C. The second-order valence-electron chi connectivity index (χ2n) is 15.0. The third-order valence-corrected chi connectivity index (χ3v) is 12.4. The summed E-state index contributed by atoms with van der Waals surface area (Å²) in [6, 6.07) is 9.43. The van der Waals surface area contributed by atoms with Gasteiger partial charge in [0.15, 0.2) is 0 Å². The number of ether oxygens (including phenoxy) is 1. The Labute approximate surface area is 236 Å². The van der Waals surface area contributed by atoms with Crippen molar-refractivity contribution in [3.8, 4) is 0 Å². The van der Waals surface area contributed by atoms with Gasteiger partial charge < -0.3 is 9.62 Å². The predicted molar refractivity (Wildman–Crippen MR) is 154 cm³/mol. The van der Waals surface area contributed by atoms with Crippen molar-refractivity contribution in [2.45, 2.75) is 118 Å². The monoisotopic (exact) mass is 534 g/mol. The van der Waals surface area contributed by atoms with E-state index < -0.39 is 0 Å². The molecule has 4 nitrogen and oxygen atoms in total. The smallest absolute Gasteiger partial charge is 0.338 e. The molecule has 5 aliphatic rings. The van der Waals surface area contributed by atoms with E-state index in [1.165, 1.54) is 37.9 Å². The Balaban J connectivity index is 1.21. The Bertz CT molecular complexity index is 1110. The molecule has 4 heteroatoms. The first-order chi connectivity index (χ1) is 18.6. The highest BCUT2D eigenvalue weighted by Crippen LogP contribution is 2.74. The molecule has 0 saturated heterocycles. The lowest BCUT2D eigenvalue weighted by Gasteiger charge is -2.66. The first kappa shape index (κ1) is 27.4.